The Morgan fingerprint density at radius 1 is 0.708 bits per heavy atom. The highest BCUT2D eigenvalue weighted by Crippen LogP contribution is 2.29. The fraction of sp³-hybridized carbons (Fsp3) is 0. The molecule has 2 aliphatic rings. The average Bonchev–Trinajstić information content (AvgIpc) is 3.06. The van der Waals surface area contributed by atoms with Crippen LogP contribution in [0, 0.1) is 6.07 Å². The summed E-state index contributed by atoms with van der Waals surface area (Å²) in [7, 11) is 0. The maximum Gasteiger partial charge on any atom is 0.0466 e. The number of hydrogen-bond donors (Lipinski definition) is 2. The van der Waals surface area contributed by atoms with Gasteiger partial charge in [0.25, 0.3) is 0 Å². The minimum absolute atomic E-state index is 1.03. The molecule has 1 radical (unpaired) electrons. The normalized spacial score (nSPS) is 16.0. The minimum Gasteiger partial charge on any atom is -0.361 e. The molecule has 4 rings (SSSR count). The summed E-state index contributed by atoms with van der Waals surface area (Å²) >= 11 is 0. The van der Waals surface area contributed by atoms with E-state index in [-0.39, 0.29) is 0 Å². The fourth-order valence-corrected chi connectivity index (χ4v) is 2.83. The van der Waals surface area contributed by atoms with Crippen LogP contribution >= 0.6 is 0 Å². The zero-order valence-corrected chi connectivity index (χ0v) is 13.2. The third-order valence-corrected chi connectivity index (χ3v) is 3.99. The highest BCUT2D eigenvalue weighted by Gasteiger charge is 2.13. The Bertz CT molecular complexity index is 875. The summed E-state index contributed by atoms with van der Waals surface area (Å²) < 4.78 is 0. The lowest BCUT2D eigenvalue weighted by atomic mass is 9.96. The van der Waals surface area contributed by atoms with Crippen LogP contribution in [0.5, 0.6) is 0 Å². The van der Waals surface area contributed by atoms with Crippen LogP contribution in [0.25, 0.3) is 22.2 Å². The van der Waals surface area contributed by atoms with Crippen LogP contribution in [-0.2, 0) is 0 Å². The van der Waals surface area contributed by atoms with E-state index in [0.29, 0.717) is 0 Å². The molecule has 0 atom stereocenters. The number of hydrogen-bond acceptors (Lipinski definition) is 2. The monoisotopic (exact) mass is 309 g/mol. The molecule has 0 bridgehead atoms. The van der Waals surface area contributed by atoms with Gasteiger partial charge in [0.05, 0.1) is 0 Å². The Morgan fingerprint density at radius 3 is 2.25 bits per heavy atom. The van der Waals surface area contributed by atoms with Gasteiger partial charge in [-0.2, -0.15) is 0 Å². The van der Waals surface area contributed by atoms with E-state index in [4.69, 9.17) is 0 Å². The molecular formula is C22H17N2. The summed E-state index contributed by atoms with van der Waals surface area (Å²) in [5, 5.41) is 9.00. The number of fused-ring (bicyclic) bond motifs is 1. The molecule has 2 N–H and O–H groups in total. The Hall–Kier alpha value is -3.26. The van der Waals surface area contributed by atoms with Crippen molar-refractivity contribution in [2.75, 3.05) is 0 Å². The van der Waals surface area contributed by atoms with Gasteiger partial charge in [-0.05, 0) is 41.1 Å². The van der Waals surface area contributed by atoms with Crippen molar-refractivity contribution in [1.82, 2.24) is 10.6 Å². The van der Waals surface area contributed by atoms with Gasteiger partial charge in [-0.25, -0.2) is 0 Å². The predicted octanol–water partition coefficient (Wildman–Crippen LogP) is 4.67. The van der Waals surface area contributed by atoms with E-state index in [1.165, 1.54) is 5.39 Å². The molecule has 2 aliphatic heterocycles. The van der Waals surface area contributed by atoms with Gasteiger partial charge in [-0.1, -0.05) is 48.6 Å². The molecule has 2 aromatic rings. The third kappa shape index (κ3) is 2.82. The quantitative estimate of drug-likeness (QED) is 0.842. The first-order valence-electron chi connectivity index (χ1n) is 7.98. The minimum atomic E-state index is 1.03. The fourth-order valence-electron chi connectivity index (χ4n) is 2.83. The summed E-state index contributed by atoms with van der Waals surface area (Å²) in [6, 6.07) is 14.1. The highest BCUT2D eigenvalue weighted by atomic mass is 14.9. The maximum absolute atomic E-state index is 3.58. The maximum atomic E-state index is 3.58. The van der Waals surface area contributed by atoms with Crippen molar-refractivity contribution in [2.24, 2.45) is 0 Å². The van der Waals surface area contributed by atoms with Crippen LogP contribution in [0.15, 0.2) is 91.3 Å². The van der Waals surface area contributed by atoms with Crippen LogP contribution in [0.4, 0.5) is 0 Å². The van der Waals surface area contributed by atoms with Crippen molar-refractivity contribution >= 4 is 22.2 Å². The van der Waals surface area contributed by atoms with Crippen LogP contribution in [0.2, 0.25) is 0 Å². The summed E-state index contributed by atoms with van der Waals surface area (Å²) in [6.45, 7) is 0. The summed E-state index contributed by atoms with van der Waals surface area (Å²) in [6.07, 6.45) is 20.1. The summed E-state index contributed by atoms with van der Waals surface area (Å²) in [5.41, 5.74) is 4.25. The second-order valence-electron chi connectivity index (χ2n) is 5.58. The lowest BCUT2D eigenvalue weighted by molar-refractivity contribution is 1.19. The summed E-state index contributed by atoms with van der Waals surface area (Å²) in [4.78, 5) is 0. The van der Waals surface area contributed by atoms with Gasteiger partial charge in [0.1, 0.15) is 0 Å². The lowest BCUT2D eigenvalue weighted by Gasteiger charge is -2.16. The van der Waals surface area contributed by atoms with E-state index in [2.05, 4.69) is 53.1 Å². The van der Waals surface area contributed by atoms with Crippen LogP contribution in [0.1, 0.15) is 11.1 Å². The van der Waals surface area contributed by atoms with Crippen molar-refractivity contribution in [2.45, 2.75) is 0 Å². The van der Waals surface area contributed by atoms with Gasteiger partial charge in [0.2, 0.25) is 0 Å². The van der Waals surface area contributed by atoms with E-state index in [1.54, 1.807) is 0 Å². The number of benzene rings is 2. The molecule has 0 unspecified atom stereocenters. The van der Waals surface area contributed by atoms with Crippen molar-refractivity contribution in [3.05, 3.63) is 109 Å². The van der Waals surface area contributed by atoms with Crippen molar-refractivity contribution in [3.63, 3.8) is 0 Å². The molecule has 0 saturated carbocycles. The number of nitrogens with one attached hydrogen (secondary N) is 2. The van der Waals surface area contributed by atoms with Gasteiger partial charge in [-0.3, -0.25) is 0 Å². The Kier molecular flexibility index (Phi) is 3.86. The Morgan fingerprint density at radius 2 is 1.42 bits per heavy atom. The highest BCUT2D eigenvalue weighted by molar-refractivity contribution is 5.92. The molecule has 115 valence electrons. The predicted molar refractivity (Wildman–Crippen MR) is 102 cm³/mol. The molecule has 2 heterocycles. The van der Waals surface area contributed by atoms with E-state index < -0.39 is 0 Å². The molecular weight excluding hydrogens is 292 g/mol. The molecule has 0 saturated heterocycles. The molecule has 0 aromatic heterocycles. The van der Waals surface area contributed by atoms with E-state index in [0.717, 1.165) is 27.9 Å². The van der Waals surface area contributed by atoms with Crippen molar-refractivity contribution < 1.29 is 0 Å². The smallest absolute Gasteiger partial charge is 0.0466 e. The van der Waals surface area contributed by atoms with Crippen molar-refractivity contribution in [3.8, 4) is 0 Å². The molecule has 2 aromatic carbocycles. The van der Waals surface area contributed by atoms with E-state index in [9.17, 15) is 0 Å². The zero-order chi connectivity index (χ0) is 16.2. The van der Waals surface area contributed by atoms with E-state index in [1.807, 2.05) is 54.9 Å². The molecule has 0 fully saturated rings. The standard InChI is InChI=1S/C22H17N2/c1-3-11-21(23-13-7-1)19-15-17-9-5-6-10-18(17)16-20(19)22-12-4-2-8-14-24-22/h1-15,23-24H. The zero-order valence-electron chi connectivity index (χ0n) is 13.2. The Labute approximate surface area is 141 Å². The van der Waals surface area contributed by atoms with Crippen LogP contribution < -0.4 is 10.6 Å². The van der Waals surface area contributed by atoms with Gasteiger partial charge in [0, 0.05) is 41.0 Å². The van der Waals surface area contributed by atoms with Gasteiger partial charge in [0.15, 0.2) is 0 Å². The third-order valence-electron chi connectivity index (χ3n) is 3.99. The van der Waals surface area contributed by atoms with Crippen molar-refractivity contribution in [1.29, 1.82) is 0 Å². The number of allylic oxidation sites excluding steroid dienone is 8. The molecule has 2 heteroatoms. The number of rotatable bonds is 2. The molecule has 0 amide bonds. The van der Waals surface area contributed by atoms with Gasteiger partial charge < -0.3 is 10.6 Å². The van der Waals surface area contributed by atoms with Crippen LogP contribution in [-0.4, -0.2) is 0 Å². The topological polar surface area (TPSA) is 24.1 Å². The van der Waals surface area contributed by atoms with Gasteiger partial charge in [-0.15, -0.1) is 0 Å². The van der Waals surface area contributed by atoms with E-state index >= 15 is 0 Å². The lowest BCUT2D eigenvalue weighted by Crippen LogP contribution is -2.10. The molecule has 2 nitrogen and oxygen atoms in total. The second kappa shape index (κ2) is 6.47. The molecule has 24 heavy (non-hydrogen) atoms. The van der Waals surface area contributed by atoms with Crippen LogP contribution in [0.3, 0.4) is 0 Å². The molecule has 0 spiro atoms. The van der Waals surface area contributed by atoms with Gasteiger partial charge >= 0.3 is 0 Å². The largest absolute Gasteiger partial charge is 0.361 e. The molecule has 0 aliphatic carbocycles. The Balaban J connectivity index is 1.94. The first kappa shape index (κ1) is 14.3. The first-order valence-corrected chi connectivity index (χ1v) is 7.98. The second-order valence-corrected chi connectivity index (χ2v) is 5.58. The summed E-state index contributed by atoms with van der Waals surface area (Å²) in [5.74, 6) is 0. The average molecular weight is 309 g/mol. The first-order chi connectivity index (χ1) is 11.9. The SMILES string of the molecule is [c]1c(C2=CC=CC=CN2)c(C2=CC=CC=CN2)cc2ccccc12.